The van der Waals surface area contributed by atoms with Crippen molar-refractivity contribution < 1.29 is 9.47 Å². The van der Waals surface area contributed by atoms with Crippen molar-refractivity contribution in [2.24, 2.45) is 10.9 Å². The van der Waals surface area contributed by atoms with E-state index in [1.165, 1.54) is 12.0 Å². The Morgan fingerprint density at radius 1 is 1.12 bits per heavy atom. The van der Waals surface area contributed by atoms with Gasteiger partial charge in [-0.25, -0.2) is 0 Å². The van der Waals surface area contributed by atoms with Crippen molar-refractivity contribution >= 4 is 29.9 Å². The minimum Gasteiger partial charge on any atom is -0.380 e. The molecule has 6 heteroatoms. The van der Waals surface area contributed by atoms with Crippen LogP contribution in [0.5, 0.6) is 0 Å². The Morgan fingerprint density at radius 3 is 2.56 bits per heavy atom. The molecule has 144 valence electrons. The molecule has 0 bridgehead atoms. The fourth-order valence-electron chi connectivity index (χ4n) is 2.09. The van der Waals surface area contributed by atoms with Crippen LogP contribution in [0.3, 0.4) is 0 Å². The molecule has 0 spiro atoms. The molecule has 1 unspecified atom stereocenters. The first kappa shape index (κ1) is 24.1. The number of nitrogens with zero attached hydrogens (tertiary/aromatic N) is 1. The Bertz CT molecular complexity index is 444. The standard InChI is InChI=1S/C19H33N3O2.HI/c1-4-5-12-23-13-11-21-19(20-3)22-14-17(2)15-24-16-18-9-7-6-8-10-18;/h6-10,17H,4-5,11-16H2,1-3H3,(H2,20,21,22);1H. The maximum Gasteiger partial charge on any atom is 0.191 e. The summed E-state index contributed by atoms with van der Waals surface area (Å²) in [5.41, 5.74) is 1.21. The molecule has 5 nitrogen and oxygen atoms in total. The molecular weight excluding hydrogens is 429 g/mol. The van der Waals surface area contributed by atoms with Crippen LogP contribution >= 0.6 is 24.0 Å². The predicted molar refractivity (Wildman–Crippen MR) is 116 cm³/mol. The molecule has 1 atom stereocenters. The van der Waals surface area contributed by atoms with E-state index >= 15 is 0 Å². The molecular formula is C19H34IN3O2. The van der Waals surface area contributed by atoms with Gasteiger partial charge in [-0.2, -0.15) is 0 Å². The lowest BCUT2D eigenvalue weighted by Gasteiger charge is -2.16. The summed E-state index contributed by atoms with van der Waals surface area (Å²) >= 11 is 0. The van der Waals surface area contributed by atoms with Crippen LogP contribution in [0.1, 0.15) is 32.3 Å². The molecule has 0 aliphatic heterocycles. The molecule has 1 aromatic carbocycles. The number of nitrogens with one attached hydrogen (secondary N) is 2. The number of halogens is 1. The highest BCUT2D eigenvalue weighted by atomic mass is 127. The molecule has 0 amide bonds. The number of ether oxygens (including phenoxy) is 2. The molecule has 0 saturated carbocycles. The minimum absolute atomic E-state index is 0. The molecule has 0 aliphatic carbocycles. The molecule has 0 heterocycles. The number of aliphatic imine (C=N–C) groups is 1. The van der Waals surface area contributed by atoms with Crippen molar-refractivity contribution in [3.63, 3.8) is 0 Å². The lowest BCUT2D eigenvalue weighted by atomic mass is 10.2. The summed E-state index contributed by atoms with van der Waals surface area (Å²) in [6.07, 6.45) is 2.29. The third-order valence-electron chi connectivity index (χ3n) is 3.54. The van der Waals surface area contributed by atoms with Crippen molar-refractivity contribution in [3.05, 3.63) is 35.9 Å². The first-order valence-electron chi connectivity index (χ1n) is 8.90. The molecule has 2 N–H and O–H groups in total. The summed E-state index contributed by atoms with van der Waals surface area (Å²) in [7, 11) is 1.78. The van der Waals surface area contributed by atoms with Crippen LogP contribution in [0.15, 0.2) is 35.3 Å². The minimum atomic E-state index is 0. The van der Waals surface area contributed by atoms with Crippen molar-refractivity contribution in [3.8, 4) is 0 Å². The maximum absolute atomic E-state index is 5.76. The fourth-order valence-corrected chi connectivity index (χ4v) is 2.09. The number of hydrogen-bond donors (Lipinski definition) is 2. The Balaban J connectivity index is 0.00000576. The zero-order valence-corrected chi connectivity index (χ0v) is 18.1. The SMILES string of the molecule is CCCCOCCNC(=NC)NCC(C)COCc1ccccc1.I. The Kier molecular flexibility index (Phi) is 16.0. The van der Waals surface area contributed by atoms with Gasteiger partial charge >= 0.3 is 0 Å². The maximum atomic E-state index is 5.76. The third kappa shape index (κ3) is 13.1. The molecule has 0 aliphatic rings. The van der Waals surface area contributed by atoms with Gasteiger partial charge in [-0.1, -0.05) is 50.6 Å². The van der Waals surface area contributed by atoms with Crippen molar-refractivity contribution in [2.45, 2.75) is 33.3 Å². The molecule has 0 radical (unpaired) electrons. The lowest BCUT2D eigenvalue weighted by molar-refractivity contribution is 0.0930. The van der Waals surface area contributed by atoms with E-state index in [0.717, 1.165) is 38.7 Å². The quantitative estimate of drug-likeness (QED) is 0.216. The summed E-state index contributed by atoms with van der Waals surface area (Å²) in [6, 6.07) is 10.2. The van der Waals surface area contributed by atoms with Crippen molar-refractivity contribution in [1.29, 1.82) is 0 Å². The second kappa shape index (κ2) is 16.6. The van der Waals surface area contributed by atoms with E-state index in [4.69, 9.17) is 9.47 Å². The number of benzene rings is 1. The van der Waals surface area contributed by atoms with Gasteiger partial charge < -0.3 is 20.1 Å². The average Bonchev–Trinajstić information content (AvgIpc) is 2.61. The van der Waals surface area contributed by atoms with E-state index < -0.39 is 0 Å². The average molecular weight is 463 g/mol. The smallest absolute Gasteiger partial charge is 0.191 e. The largest absolute Gasteiger partial charge is 0.380 e. The van der Waals surface area contributed by atoms with Gasteiger partial charge in [0.05, 0.1) is 19.8 Å². The van der Waals surface area contributed by atoms with Crippen LogP contribution in [-0.2, 0) is 16.1 Å². The zero-order chi connectivity index (χ0) is 17.5. The van der Waals surface area contributed by atoms with E-state index in [1.54, 1.807) is 7.05 Å². The van der Waals surface area contributed by atoms with Gasteiger partial charge in [-0.3, -0.25) is 4.99 Å². The highest BCUT2D eigenvalue weighted by Gasteiger charge is 2.04. The highest BCUT2D eigenvalue weighted by molar-refractivity contribution is 14.0. The molecule has 0 fully saturated rings. The van der Waals surface area contributed by atoms with Gasteiger partial charge in [0.1, 0.15) is 0 Å². The van der Waals surface area contributed by atoms with Crippen LogP contribution in [-0.4, -0.2) is 45.9 Å². The van der Waals surface area contributed by atoms with Gasteiger partial charge in [-0.05, 0) is 17.9 Å². The van der Waals surface area contributed by atoms with Gasteiger partial charge in [0, 0.05) is 26.7 Å². The summed E-state index contributed by atoms with van der Waals surface area (Å²) in [6.45, 7) is 8.84. The third-order valence-corrected chi connectivity index (χ3v) is 3.54. The molecule has 0 aromatic heterocycles. The van der Waals surface area contributed by atoms with Gasteiger partial charge in [-0.15, -0.1) is 24.0 Å². The monoisotopic (exact) mass is 463 g/mol. The molecule has 1 aromatic rings. The summed E-state index contributed by atoms with van der Waals surface area (Å²) in [4.78, 5) is 4.22. The fraction of sp³-hybridized carbons (Fsp3) is 0.632. The summed E-state index contributed by atoms with van der Waals surface area (Å²) < 4.78 is 11.3. The summed E-state index contributed by atoms with van der Waals surface area (Å²) in [5, 5.41) is 6.58. The molecule has 25 heavy (non-hydrogen) atoms. The van der Waals surface area contributed by atoms with Crippen molar-refractivity contribution in [2.75, 3.05) is 40.0 Å². The number of rotatable bonds is 12. The molecule has 0 saturated heterocycles. The number of unbranched alkanes of at least 4 members (excludes halogenated alkanes) is 1. The Labute approximate surface area is 170 Å². The Morgan fingerprint density at radius 2 is 1.88 bits per heavy atom. The normalized spacial score (nSPS) is 12.4. The lowest BCUT2D eigenvalue weighted by Crippen LogP contribution is -2.41. The second-order valence-electron chi connectivity index (χ2n) is 5.95. The van der Waals surface area contributed by atoms with Gasteiger partial charge in [0.2, 0.25) is 0 Å². The van der Waals surface area contributed by atoms with Crippen LogP contribution in [0.25, 0.3) is 0 Å². The second-order valence-corrected chi connectivity index (χ2v) is 5.95. The first-order valence-corrected chi connectivity index (χ1v) is 8.90. The van der Waals surface area contributed by atoms with Crippen LogP contribution < -0.4 is 10.6 Å². The molecule has 1 rings (SSSR count). The van der Waals surface area contributed by atoms with Crippen LogP contribution in [0.2, 0.25) is 0 Å². The van der Waals surface area contributed by atoms with E-state index in [0.29, 0.717) is 19.1 Å². The number of guanidine groups is 1. The highest BCUT2D eigenvalue weighted by Crippen LogP contribution is 2.02. The van der Waals surface area contributed by atoms with Gasteiger partial charge in [0.25, 0.3) is 0 Å². The van der Waals surface area contributed by atoms with E-state index in [1.807, 2.05) is 18.2 Å². The van der Waals surface area contributed by atoms with Crippen LogP contribution in [0, 0.1) is 5.92 Å². The first-order chi connectivity index (χ1) is 11.8. The summed E-state index contributed by atoms with van der Waals surface area (Å²) in [5.74, 6) is 1.22. The Hall–Kier alpha value is -0.860. The van der Waals surface area contributed by atoms with E-state index in [9.17, 15) is 0 Å². The number of hydrogen-bond acceptors (Lipinski definition) is 3. The van der Waals surface area contributed by atoms with Crippen LogP contribution in [0.4, 0.5) is 0 Å². The van der Waals surface area contributed by atoms with E-state index in [-0.39, 0.29) is 24.0 Å². The van der Waals surface area contributed by atoms with E-state index in [2.05, 4.69) is 41.6 Å². The van der Waals surface area contributed by atoms with Gasteiger partial charge in [0.15, 0.2) is 5.96 Å². The van der Waals surface area contributed by atoms with Crippen molar-refractivity contribution in [1.82, 2.24) is 10.6 Å². The topological polar surface area (TPSA) is 54.9 Å². The predicted octanol–water partition coefficient (Wildman–Crippen LogP) is 3.44. The zero-order valence-electron chi connectivity index (χ0n) is 15.8.